The van der Waals surface area contributed by atoms with Gasteiger partial charge >= 0.3 is 5.97 Å². The Morgan fingerprint density at radius 2 is 1.87 bits per heavy atom. The van der Waals surface area contributed by atoms with Gasteiger partial charge in [-0.15, -0.1) is 0 Å². The lowest BCUT2D eigenvalue weighted by Gasteiger charge is -2.33. The minimum absolute atomic E-state index is 0.00834. The molecule has 1 atom stereocenters. The Morgan fingerprint density at radius 1 is 1.10 bits per heavy atom. The zero-order chi connectivity index (χ0) is 22.0. The van der Waals surface area contributed by atoms with Crippen molar-refractivity contribution in [3.63, 3.8) is 0 Å². The van der Waals surface area contributed by atoms with E-state index in [0.717, 1.165) is 32.1 Å². The van der Waals surface area contributed by atoms with Crippen LogP contribution in [0.2, 0.25) is 0 Å². The summed E-state index contributed by atoms with van der Waals surface area (Å²) in [5.41, 5.74) is 0.924. The number of esters is 1. The number of rotatable bonds is 6. The summed E-state index contributed by atoms with van der Waals surface area (Å²) >= 11 is 0. The number of benzene rings is 1. The molecule has 3 aliphatic rings. The van der Waals surface area contributed by atoms with Gasteiger partial charge in [-0.05, 0) is 43.9 Å². The van der Waals surface area contributed by atoms with Crippen molar-refractivity contribution in [3.8, 4) is 0 Å². The van der Waals surface area contributed by atoms with Crippen LogP contribution in [-0.2, 0) is 24.2 Å². The zero-order valence-corrected chi connectivity index (χ0v) is 18.3. The van der Waals surface area contributed by atoms with Crippen LogP contribution in [0.4, 0.5) is 5.69 Å². The first-order valence-corrected chi connectivity index (χ1v) is 12.8. The van der Waals surface area contributed by atoms with Crippen molar-refractivity contribution >= 4 is 33.3 Å². The molecule has 1 aliphatic carbocycles. The van der Waals surface area contributed by atoms with E-state index in [2.05, 4.69) is 0 Å². The lowest BCUT2D eigenvalue weighted by atomic mass is 10.1. The largest absolute Gasteiger partial charge is 0.452 e. The van der Waals surface area contributed by atoms with Crippen molar-refractivity contribution in [2.45, 2.75) is 57.0 Å². The molecule has 2 amide bonds. The zero-order valence-electron chi connectivity index (χ0n) is 17.5. The van der Waals surface area contributed by atoms with Crippen LogP contribution in [0, 0.1) is 0 Å². The number of anilines is 1. The Morgan fingerprint density at radius 3 is 2.52 bits per heavy atom. The average molecular weight is 449 g/mol. The highest BCUT2D eigenvalue weighted by molar-refractivity contribution is 7.91. The van der Waals surface area contributed by atoms with Gasteiger partial charge in [0.05, 0.1) is 17.1 Å². The Balaban J connectivity index is 1.41. The van der Waals surface area contributed by atoms with Crippen molar-refractivity contribution in [2.24, 2.45) is 0 Å². The normalized spacial score (nSPS) is 23.3. The van der Waals surface area contributed by atoms with Crippen molar-refractivity contribution < 1.29 is 27.5 Å². The van der Waals surface area contributed by atoms with Gasteiger partial charge in [-0.3, -0.25) is 9.59 Å². The molecule has 1 aromatic carbocycles. The van der Waals surface area contributed by atoms with E-state index in [0.29, 0.717) is 25.1 Å². The van der Waals surface area contributed by atoms with Crippen LogP contribution in [0.1, 0.15) is 55.3 Å². The quantitative estimate of drug-likeness (QED) is 0.617. The summed E-state index contributed by atoms with van der Waals surface area (Å²) in [6.07, 6.45) is 5.44. The molecule has 2 heterocycles. The van der Waals surface area contributed by atoms with E-state index in [1.807, 2.05) is 0 Å². The summed E-state index contributed by atoms with van der Waals surface area (Å²) in [5.74, 6) is -0.870. The fourth-order valence-electron chi connectivity index (χ4n) is 4.89. The summed E-state index contributed by atoms with van der Waals surface area (Å²) in [6, 6.07) is 6.32. The van der Waals surface area contributed by atoms with Gasteiger partial charge < -0.3 is 14.5 Å². The lowest BCUT2D eigenvalue weighted by Crippen LogP contribution is -2.48. The fraction of sp³-hybridized carbons (Fsp3) is 0.591. The minimum Gasteiger partial charge on any atom is -0.452 e. The molecule has 0 radical (unpaired) electrons. The number of ether oxygens (including phenoxy) is 1. The summed E-state index contributed by atoms with van der Waals surface area (Å²) in [4.78, 5) is 40.8. The van der Waals surface area contributed by atoms with Crippen molar-refractivity contribution in [2.75, 3.05) is 29.6 Å². The topological polar surface area (TPSA) is 101 Å². The van der Waals surface area contributed by atoms with E-state index in [9.17, 15) is 22.8 Å². The van der Waals surface area contributed by atoms with Crippen LogP contribution >= 0.6 is 0 Å². The molecule has 1 aromatic rings. The molecule has 1 saturated carbocycles. The predicted octanol–water partition coefficient (Wildman–Crippen LogP) is 1.93. The van der Waals surface area contributed by atoms with Gasteiger partial charge in [0.1, 0.15) is 0 Å². The Hall–Kier alpha value is -2.42. The van der Waals surface area contributed by atoms with Crippen LogP contribution in [-0.4, -0.2) is 67.8 Å². The number of carbonyl (C=O) groups is 3. The van der Waals surface area contributed by atoms with Crippen molar-refractivity contribution in [1.29, 1.82) is 0 Å². The molecule has 3 fully saturated rings. The van der Waals surface area contributed by atoms with E-state index in [-0.39, 0.29) is 41.0 Å². The van der Waals surface area contributed by atoms with Gasteiger partial charge in [0.25, 0.3) is 5.91 Å². The molecule has 0 unspecified atom stereocenters. The van der Waals surface area contributed by atoms with Gasteiger partial charge in [-0.2, -0.15) is 0 Å². The first-order valence-electron chi connectivity index (χ1n) is 10.9. The van der Waals surface area contributed by atoms with E-state index in [1.54, 1.807) is 34.1 Å². The third kappa shape index (κ3) is 4.92. The van der Waals surface area contributed by atoms with E-state index < -0.39 is 22.4 Å². The molecule has 2 saturated heterocycles. The maximum atomic E-state index is 13.0. The number of sulfone groups is 1. The monoisotopic (exact) mass is 448 g/mol. The molecule has 0 N–H and O–H groups in total. The molecular formula is C22H28N2O6S. The van der Waals surface area contributed by atoms with Crippen LogP contribution < -0.4 is 4.90 Å². The smallest absolute Gasteiger partial charge is 0.338 e. The maximum Gasteiger partial charge on any atom is 0.338 e. The van der Waals surface area contributed by atoms with Gasteiger partial charge in [-0.1, -0.05) is 18.9 Å². The number of hydrogen-bond acceptors (Lipinski definition) is 6. The van der Waals surface area contributed by atoms with Crippen LogP contribution in [0.15, 0.2) is 24.3 Å². The molecule has 0 bridgehead atoms. The molecule has 0 spiro atoms. The Bertz CT molecular complexity index is 970. The second-order valence-electron chi connectivity index (χ2n) is 8.57. The Labute approximate surface area is 182 Å². The van der Waals surface area contributed by atoms with Crippen molar-refractivity contribution in [1.82, 2.24) is 4.90 Å². The SMILES string of the molecule is O=C(OCC(=O)N(C1CCCC1)[C@@H]1CCS(=O)(=O)C1)c1cccc(N2CCCC2=O)c1. The summed E-state index contributed by atoms with van der Waals surface area (Å²) in [7, 11) is -3.13. The molecule has 9 heteroatoms. The molecule has 31 heavy (non-hydrogen) atoms. The third-order valence-corrected chi connectivity index (χ3v) is 8.15. The second-order valence-corrected chi connectivity index (χ2v) is 10.8. The summed E-state index contributed by atoms with van der Waals surface area (Å²) in [6.45, 7) is 0.204. The molecule has 2 aliphatic heterocycles. The number of hydrogen-bond donors (Lipinski definition) is 0. The van der Waals surface area contributed by atoms with Gasteiger partial charge in [-0.25, -0.2) is 13.2 Å². The molecule has 0 aromatic heterocycles. The van der Waals surface area contributed by atoms with Gasteiger partial charge in [0.2, 0.25) is 5.91 Å². The predicted molar refractivity (Wildman–Crippen MR) is 114 cm³/mol. The molecular weight excluding hydrogens is 420 g/mol. The Kier molecular flexibility index (Phi) is 6.31. The van der Waals surface area contributed by atoms with E-state index >= 15 is 0 Å². The lowest BCUT2D eigenvalue weighted by molar-refractivity contribution is -0.139. The number of nitrogens with zero attached hydrogens (tertiary/aromatic N) is 2. The van der Waals surface area contributed by atoms with Crippen LogP contribution in [0.5, 0.6) is 0 Å². The highest BCUT2D eigenvalue weighted by atomic mass is 32.2. The average Bonchev–Trinajstić information content (AvgIpc) is 3.49. The van der Waals surface area contributed by atoms with Crippen molar-refractivity contribution in [3.05, 3.63) is 29.8 Å². The summed E-state index contributed by atoms with van der Waals surface area (Å²) < 4.78 is 29.2. The first kappa shape index (κ1) is 21.8. The molecule has 4 rings (SSSR count). The van der Waals surface area contributed by atoms with E-state index in [1.165, 1.54) is 0 Å². The minimum atomic E-state index is -3.13. The third-order valence-electron chi connectivity index (χ3n) is 6.40. The van der Waals surface area contributed by atoms with Crippen LogP contribution in [0.25, 0.3) is 0 Å². The number of amides is 2. The first-order chi connectivity index (χ1) is 14.8. The highest BCUT2D eigenvalue weighted by Crippen LogP contribution is 2.29. The highest BCUT2D eigenvalue weighted by Gasteiger charge is 2.39. The molecule has 8 nitrogen and oxygen atoms in total. The van der Waals surface area contributed by atoms with Gasteiger partial charge in [0.15, 0.2) is 16.4 Å². The number of carbonyl (C=O) groups excluding carboxylic acids is 3. The standard InChI is InChI=1S/C22H28N2O6S/c25-20-9-4-11-23(20)18-8-3-5-16(13-18)22(27)30-14-21(26)24(17-6-1-2-7-17)19-10-12-31(28,29)15-19/h3,5,8,13,17,19H,1-2,4,6-7,9-12,14-15H2/t19-/m1/s1. The second kappa shape index (κ2) is 8.98. The fourth-order valence-corrected chi connectivity index (χ4v) is 6.60. The van der Waals surface area contributed by atoms with E-state index in [4.69, 9.17) is 4.74 Å². The maximum absolute atomic E-state index is 13.0. The van der Waals surface area contributed by atoms with Gasteiger partial charge in [0, 0.05) is 30.7 Å². The van der Waals surface area contributed by atoms with Crippen LogP contribution in [0.3, 0.4) is 0 Å². The molecule has 168 valence electrons. The summed E-state index contributed by atoms with van der Waals surface area (Å²) in [5, 5.41) is 0.